The quantitative estimate of drug-likeness (QED) is 0.800. The van der Waals surface area contributed by atoms with Crippen molar-refractivity contribution < 1.29 is 4.74 Å². The summed E-state index contributed by atoms with van der Waals surface area (Å²) in [5.41, 5.74) is 7.03. The minimum absolute atomic E-state index is 0.00315. The van der Waals surface area contributed by atoms with Crippen molar-refractivity contribution >= 4 is 0 Å². The standard InChI is InChI=1S/C13H20N2O/c1-10(14)13(12-3-2-7-15-9-12)16-8-6-11-4-5-11/h2-3,7,9-11,13H,4-6,8,14H2,1H3. The van der Waals surface area contributed by atoms with Crippen LogP contribution in [0.3, 0.4) is 0 Å². The minimum atomic E-state index is -0.0209. The fourth-order valence-corrected chi connectivity index (χ4v) is 1.86. The third-order valence-corrected chi connectivity index (χ3v) is 3.01. The van der Waals surface area contributed by atoms with Gasteiger partial charge in [-0.2, -0.15) is 0 Å². The van der Waals surface area contributed by atoms with E-state index in [0.29, 0.717) is 0 Å². The number of hydrogen-bond acceptors (Lipinski definition) is 3. The van der Waals surface area contributed by atoms with Crippen molar-refractivity contribution in [1.29, 1.82) is 0 Å². The highest BCUT2D eigenvalue weighted by molar-refractivity contribution is 5.13. The van der Waals surface area contributed by atoms with E-state index in [0.717, 1.165) is 18.1 Å². The summed E-state index contributed by atoms with van der Waals surface area (Å²) in [6.07, 6.45) is 7.51. The molecule has 16 heavy (non-hydrogen) atoms. The maximum absolute atomic E-state index is 5.95. The third kappa shape index (κ3) is 3.29. The first-order valence-electron chi connectivity index (χ1n) is 6.04. The van der Waals surface area contributed by atoms with E-state index in [-0.39, 0.29) is 12.1 Å². The molecule has 3 nitrogen and oxygen atoms in total. The fourth-order valence-electron chi connectivity index (χ4n) is 1.86. The van der Waals surface area contributed by atoms with E-state index in [1.165, 1.54) is 19.3 Å². The Morgan fingerprint density at radius 1 is 1.56 bits per heavy atom. The molecule has 0 aliphatic heterocycles. The Morgan fingerprint density at radius 3 is 2.94 bits per heavy atom. The van der Waals surface area contributed by atoms with Crippen LogP contribution in [-0.4, -0.2) is 17.6 Å². The smallest absolute Gasteiger partial charge is 0.0987 e. The normalized spacial score (nSPS) is 19.4. The SMILES string of the molecule is CC(N)C(OCCC1CC1)c1cccnc1. The molecule has 88 valence electrons. The summed E-state index contributed by atoms with van der Waals surface area (Å²) < 4.78 is 5.88. The van der Waals surface area contributed by atoms with E-state index in [9.17, 15) is 0 Å². The van der Waals surface area contributed by atoms with Crippen LogP contribution in [-0.2, 0) is 4.74 Å². The lowest BCUT2D eigenvalue weighted by atomic mass is 10.1. The zero-order valence-corrected chi connectivity index (χ0v) is 9.80. The van der Waals surface area contributed by atoms with Crippen LogP contribution >= 0.6 is 0 Å². The number of pyridine rings is 1. The Labute approximate surface area is 97.0 Å². The highest BCUT2D eigenvalue weighted by Crippen LogP contribution is 2.33. The average molecular weight is 220 g/mol. The molecule has 1 aromatic heterocycles. The zero-order chi connectivity index (χ0) is 11.4. The predicted octanol–water partition coefficient (Wildman–Crippen LogP) is 2.29. The second kappa shape index (κ2) is 5.41. The number of aromatic nitrogens is 1. The topological polar surface area (TPSA) is 48.1 Å². The van der Waals surface area contributed by atoms with Crippen molar-refractivity contribution in [3.05, 3.63) is 30.1 Å². The number of rotatable bonds is 6. The monoisotopic (exact) mass is 220 g/mol. The molecule has 2 rings (SSSR count). The summed E-state index contributed by atoms with van der Waals surface area (Å²) in [4.78, 5) is 4.11. The van der Waals surface area contributed by atoms with E-state index in [2.05, 4.69) is 4.98 Å². The fraction of sp³-hybridized carbons (Fsp3) is 0.615. The maximum Gasteiger partial charge on any atom is 0.0987 e. The largest absolute Gasteiger partial charge is 0.372 e. The van der Waals surface area contributed by atoms with Crippen molar-refractivity contribution in [3.63, 3.8) is 0 Å². The van der Waals surface area contributed by atoms with Crippen LogP contribution in [0.4, 0.5) is 0 Å². The van der Waals surface area contributed by atoms with Crippen molar-refractivity contribution in [1.82, 2.24) is 4.98 Å². The highest BCUT2D eigenvalue weighted by Gasteiger charge is 2.22. The average Bonchev–Trinajstić information content (AvgIpc) is 3.09. The Balaban J connectivity index is 1.88. The van der Waals surface area contributed by atoms with Gasteiger partial charge in [-0.15, -0.1) is 0 Å². The lowest BCUT2D eigenvalue weighted by Gasteiger charge is -2.21. The van der Waals surface area contributed by atoms with Crippen LogP contribution in [0.5, 0.6) is 0 Å². The lowest BCUT2D eigenvalue weighted by Crippen LogP contribution is -2.27. The Morgan fingerprint density at radius 2 is 2.38 bits per heavy atom. The Bertz CT molecular complexity index is 309. The van der Waals surface area contributed by atoms with Crippen LogP contribution in [0.15, 0.2) is 24.5 Å². The molecule has 0 aromatic carbocycles. The second-order valence-electron chi connectivity index (χ2n) is 4.67. The van der Waals surface area contributed by atoms with Gasteiger partial charge >= 0.3 is 0 Å². The van der Waals surface area contributed by atoms with Gasteiger partial charge in [-0.25, -0.2) is 0 Å². The lowest BCUT2D eigenvalue weighted by molar-refractivity contribution is 0.0345. The molecule has 0 spiro atoms. The molecule has 0 saturated heterocycles. The molecular weight excluding hydrogens is 200 g/mol. The summed E-state index contributed by atoms with van der Waals surface area (Å²) in [6, 6.07) is 3.95. The molecule has 2 unspecified atom stereocenters. The first-order valence-corrected chi connectivity index (χ1v) is 6.04. The van der Waals surface area contributed by atoms with Crippen LogP contribution < -0.4 is 5.73 Å². The van der Waals surface area contributed by atoms with Gasteiger partial charge < -0.3 is 10.5 Å². The summed E-state index contributed by atoms with van der Waals surface area (Å²) >= 11 is 0. The first kappa shape index (κ1) is 11.6. The molecule has 1 saturated carbocycles. The molecule has 1 aromatic rings. The van der Waals surface area contributed by atoms with Gasteiger partial charge in [0.15, 0.2) is 0 Å². The van der Waals surface area contributed by atoms with Crippen LogP contribution in [0.2, 0.25) is 0 Å². The summed E-state index contributed by atoms with van der Waals surface area (Å²) in [7, 11) is 0. The molecule has 1 aliphatic rings. The molecule has 1 fully saturated rings. The van der Waals surface area contributed by atoms with E-state index < -0.39 is 0 Å². The molecule has 0 bridgehead atoms. The minimum Gasteiger partial charge on any atom is -0.372 e. The zero-order valence-electron chi connectivity index (χ0n) is 9.80. The van der Waals surface area contributed by atoms with Crippen LogP contribution in [0.1, 0.15) is 37.9 Å². The number of nitrogens with zero attached hydrogens (tertiary/aromatic N) is 1. The van der Waals surface area contributed by atoms with E-state index in [4.69, 9.17) is 10.5 Å². The van der Waals surface area contributed by atoms with Crippen LogP contribution in [0, 0.1) is 5.92 Å². The van der Waals surface area contributed by atoms with Gasteiger partial charge in [0.1, 0.15) is 0 Å². The van der Waals surface area contributed by atoms with Crippen molar-refractivity contribution in [3.8, 4) is 0 Å². The highest BCUT2D eigenvalue weighted by atomic mass is 16.5. The third-order valence-electron chi connectivity index (χ3n) is 3.01. The van der Waals surface area contributed by atoms with Gasteiger partial charge in [-0.3, -0.25) is 4.98 Å². The summed E-state index contributed by atoms with van der Waals surface area (Å²) in [5, 5.41) is 0. The van der Waals surface area contributed by atoms with Gasteiger partial charge in [0.05, 0.1) is 6.10 Å². The van der Waals surface area contributed by atoms with Gasteiger partial charge in [-0.1, -0.05) is 18.9 Å². The molecule has 1 aliphatic carbocycles. The van der Waals surface area contributed by atoms with Crippen molar-refractivity contribution in [2.75, 3.05) is 6.61 Å². The van der Waals surface area contributed by atoms with Gasteiger partial charge in [-0.05, 0) is 25.3 Å². The van der Waals surface area contributed by atoms with E-state index in [1.807, 2.05) is 25.3 Å². The Hall–Kier alpha value is -0.930. The molecular formula is C13H20N2O. The summed E-state index contributed by atoms with van der Waals surface area (Å²) in [6.45, 7) is 2.79. The molecule has 0 radical (unpaired) electrons. The number of nitrogens with two attached hydrogens (primary N) is 1. The first-order chi connectivity index (χ1) is 7.77. The molecule has 1 heterocycles. The summed E-state index contributed by atoms with van der Waals surface area (Å²) in [5.74, 6) is 0.905. The van der Waals surface area contributed by atoms with Gasteiger partial charge in [0, 0.05) is 30.6 Å². The van der Waals surface area contributed by atoms with E-state index in [1.54, 1.807) is 6.20 Å². The molecule has 2 atom stereocenters. The van der Waals surface area contributed by atoms with Gasteiger partial charge in [0.25, 0.3) is 0 Å². The van der Waals surface area contributed by atoms with Crippen molar-refractivity contribution in [2.24, 2.45) is 11.7 Å². The van der Waals surface area contributed by atoms with Gasteiger partial charge in [0.2, 0.25) is 0 Å². The number of ether oxygens (including phenoxy) is 1. The number of hydrogen-bond donors (Lipinski definition) is 1. The Kier molecular flexibility index (Phi) is 3.91. The predicted molar refractivity (Wildman–Crippen MR) is 63.9 cm³/mol. The molecule has 2 N–H and O–H groups in total. The molecule has 0 amide bonds. The van der Waals surface area contributed by atoms with E-state index >= 15 is 0 Å². The van der Waals surface area contributed by atoms with Crippen molar-refractivity contribution in [2.45, 2.75) is 38.3 Å². The van der Waals surface area contributed by atoms with Crippen LogP contribution in [0.25, 0.3) is 0 Å². The maximum atomic E-state index is 5.95. The second-order valence-corrected chi connectivity index (χ2v) is 4.67. The molecule has 3 heteroatoms.